The van der Waals surface area contributed by atoms with Crippen molar-refractivity contribution in [3.63, 3.8) is 0 Å². The van der Waals surface area contributed by atoms with Gasteiger partial charge in [0.05, 0.1) is 6.54 Å². The molecule has 6 nitrogen and oxygen atoms in total. The summed E-state index contributed by atoms with van der Waals surface area (Å²) < 4.78 is 5.10. The van der Waals surface area contributed by atoms with Crippen LogP contribution in [0, 0.1) is 0 Å². The van der Waals surface area contributed by atoms with Gasteiger partial charge >= 0.3 is 12.1 Å². The quantitative estimate of drug-likeness (QED) is 0.845. The first-order chi connectivity index (χ1) is 9.63. The lowest BCUT2D eigenvalue weighted by Gasteiger charge is -2.35. The highest BCUT2D eigenvalue weighted by atomic mass is 16.6. The standard InChI is InChI=1S/C14H16N2O4/c17-13(18)12-5-9-3-1-2-4-10(9)7-16(12)8-11-6-15-14(19)20-11/h1-4,11-12H,5-8H2,(H,15,19)(H,17,18). The predicted molar refractivity (Wildman–Crippen MR) is 70.3 cm³/mol. The molecule has 2 atom stereocenters. The molecule has 0 spiro atoms. The molecule has 0 saturated carbocycles. The second-order valence-corrected chi connectivity index (χ2v) is 5.16. The van der Waals surface area contributed by atoms with Gasteiger partial charge in [0, 0.05) is 13.1 Å². The van der Waals surface area contributed by atoms with Crippen molar-refractivity contribution in [1.82, 2.24) is 10.2 Å². The number of amides is 1. The van der Waals surface area contributed by atoms with E-state index in [0.717, 1.165) is 11.1 Å². The zero-order valence-corrected chi connectivity index (χ0v) is 10.9. The number of ether oxygens (including phenoxy) is 1. The second-order valence-electron chi connectivity index (χ2n) is 5.16. The molecule has 0 aliphatic carbocycles. The number of hydrogen-bond acceptors (Lipinski definition) is 4. The van der Waals surface area contributed by atoms with Crippen LogP contribution in [0.3, 0.4) is 0 Å². The Morgan fingerprint density at radius 1 is 1.40 bits per heavy atom. The Labute approximate surface area is 116 Å². The monoisotopic (exact) mass is 276 g/mol. The number of hydrogen-bond donors (Lipinski definition) is 2. The Morgan fingerprint density at radius 3 is 2.80 bits per heavy atom. The molecule has 2 unspecified atom stereocenters. The first-order valence-corrected chi connectivity index (χ1v) is 6.61. The lowest BCUT2D eigenvalue weighted by atomic mass is 9.93. The molecule has 1 aromatic rings. The first kappa shape index (κ1) is 12.9. The lowest BCUT2D eigenvalue weighted by Crippen LogP contribution is -2.48. The molecular weight excluding hydrogens is 260 g/mol. The van der Waals surface area contributed by atoms with E-state index < -0.39 is 18.1 Å². The van der Waals surface area contributed by atoms with E-state index in [0.29, 0.717) is 26.1 Å². The van der Waals surface area contributed by atoms with Gasteiger partial charge in [0.25, 0.3) is 0 Å². The number of cyclic esters (lactones) is 1. The van der Waals surface area contributed by atoms with Crippen LogP contribution in [-0.4, -0.2) is 47.3 Å². The van der Waals surface area contributed by atoms with Gasteiger partial charge in [-0.25, -0.2) is 4.79 Å². The number of carboxylic acid groups (broad SMARTS) is 1. The van der Waals surface area contributed by atoms with Crippen molar-refractivity contribution >= 4 is 12.1 Å². The average molecular weight is 276 g/mol. The Balaban J connectivity index is 1.78. The highest BCUT2D eigenvalue weighted by Gasteiger charge is 2.34. The maximum Gasteiger partial charge on any atom is 0.407 e. The summed E-state index contributed by atoms with van der Waals surface area (Å²) in [6.45, 7) is 1.44. The Bertz CT molecular complexity index is 546. The number of nitrogens with zero attached hydrogens (tertiary/aromatic N) is 1. The van der Waals surface area contributed by atoms with Crippen LogP contribution in [0.1, 0.15) is 11.1 Å². The summed E-state index contributed by atoms with van der Waals surface area (Å²) in [6, 6.07) is 7.30. The largest absolute Gasteiger partial charge is 0.480 e. The van der Waals surface area contributed by atoms with E-state index in [4.69, 9.17) is 4.74 Å². The highest BCUT2D eigenvalue weighted by molar-refractivity contribution is 5.74. The maximum atomic E-state index is 11.4. The normalized spacial score (nSPS) is 25.7. The van der Waals surface area contributed by atoms with Crippen molar-refractivity contribution in [2.45, 2.75) is 25.1 Å². The van der Waals surface area contributed by atoms with E-state index in [1.54, 1.807) is 0 Å². The Hall–Kier alpha value is -2.08. The molecule has 2 aliphatic rings. The minimum absolute atomic E-state index is 0.283. The Morgan fingerprint density at radius 2 is 2.15 bits per heavy atom. The third kappa shape index (κ3) is 2.46. The number of carbonyl (C=O) groups is 2. The fraction of sp³-hybridized carbons (Fsp3) is 0.429. The maximum absolute atomic E-state index is 11.4. The van der Waals surface area contributed by atoms with Crippen LogP contribution in [0.4, 0.5) is 4.79 Å². The van der Waals surface area contributed by atoms with Gasteiger partial charge in [-0.05, 0) is 17.5 Å². The summed E-state index contributed by atoms with van der Waals surface area (Å²) in [5.74, 6) is -0.836. The number of aliphatic carboxylic acids is 1. The van der Waals surface area contributed by atoms with Gasteiger partial charge in [-0.2, -0.15) is 0 Å². The molecule has 0 aromatic heterocycles. The van der Waals surface area contributed by atoms with Gasteiger partial charge in [0.2, 0.25) is 0 Å². The number of alkyl carbamates (subject to hydrolysis) is 1. The fourth-order valence-corrected chi connectivity index (χ4v) is 2.81. The molecule has 2 aliphatic heterocycles. The van der Waals surface area contributed by atoms with E-state index in [2.05, 4.69) is 5.32 Å². The molecule has 1 saturated heterocycles. The van der Waals surface area contributed by atoms with E-state index >= 15 is 0 Å². The number of fused-ring (bicyclic) bond motifs is 1. The fourth-order valence-electron chi connectivity index (χ4n) is 2.81. The van der Waals surface area contributed by atoms with Gasteiger partial charge in [0.1, 0.15) is 12.1 Å². The summed E-state index contributed by atoms with van der Waals surface area (Å²) in [4.78, 5) is 24.4. The summed E-state index contributed by atoms with van der Waals surface area (Å²) in [7, 11) is 0. The molecule has 1 aromatic carbocycles. The number of carboxylic acids is 1. The Kier molecular flexibility index (Phi) is 3.31. The van der Waals surface area contributed by atoms with Crippen molar-refractivity contribution in [2.24, 2.45) is 0 Å². The smallest absolute Gasteiger partial charge is 0.407 e. The summed E-state index contributed by atoms with van der Waals surface area (Å²) in [5.41, 5.74) is 2.22. The van der Waals surface area contributed by atoms with E-state index in [1.165, 1.54) is 0 Å². The average Bonchev–Trinajstić information content (AvgIpc) is 2.83. The summed E-state index contributed by atoms with van der Waals surface area (Å²) in [6.07, 6.45) is -0.228. The van der Waals surface area contributed by atoms with Gasteiger partial charge < -0.3 is 15.2 Å². The SMILES string of the molecule is O=C1NCC(CN2Cc3ccccc3CC2C(=O)O)O1. The van der Waals surface area contributed by atoms with Crippen LogP contribution in [0.25, 0.3) is 0 Å². The predicted octanol–water partition coefficient (Wildman–Crippen LogP) is 0.606. The number of benzene rings is 1. The molecule has 106 valence electrons. The molecule has 1 amide bonds. The molecule has 6 heteroatoms. The summed E-state index contributed by atoms with van der Waals surface area (Å²) >= 11 is 0. The third-order valence-electron chi connectivity index (χ3n) is 3.82. The highest BCUT2D eigenvalue weighted by Crippen LogP contribution is 2.24. The van der Waals surface area contributed by atoms with Crippen LogP contribution in [0.5, 0.6) is 0 Å². The van der Waals surface area contributed by atoms with Gasteiger partial charge in [-0.3, -0.25) is 9.69 Å². The topological polar surface area (TPSA) is 78.9 Å². The number of nitrogens with one attached hydrogen (secondary N) is 1. The molecule has 0 radical (unpaired) electrons. The number of rotatable bonds is 3. The molecule has 1 fully saturated rings. The molecule has 0 bridgehead atoms. The first-order valence-electron chi connectivity index (χ1n) is 6.61. The van der Waals surface area contributed by atoms with Crippen molar-refractivity contribution in [1.29, 1.82) is 0 Å². The van der Waals surface area contributed by atoms with Gasteiger partial charge in [-0.1, -0.05) is 24.3 Å². The zero-order valence-electron chi connectivity index (χ0n) is 10.9. The molecular formula is C14H16N2O4. The third-order valence-corrected chi connectivity index (χ3v) is 3.82. The number of carbonyl (C=O) groups excluding carboxylic acids is 1. The van der Waals surface area contributed by atoms with Crippen molar-refractivity contribution < 1.29 is 19.4 Å². The van der Waals surface area contributed by atoms with E-state index in [-0.39, 0.29) is 6.10 Å². The van der Waals surface area contributed by atoms with Crippen LogP contribution >= 0.6 is 0 Å². The molecule has 2 N–H and O–H groups in total. The van der Waals surface area contributed by atoms with Crippen molar-refractivity contribution in [2.75, 3.05) is 13.1 Å². The van der Waals surface area contributed by atoms with E-state index in [1.807, 2.05) is 29.2 Å². The molecule has 20 heavy (non-hydrogen) atoms. The van der Waals surface area contributed by atoms with Gasteiger partial charge in [-0.15, -0.1) is 0 Å². The van der Waals surface area contributed by atoms with Crippen LogP contribution < -0.4 is 5.32 Å². The molecule has 3 rings (SSSR count). The van der Waals surface area contributed by atoms with E-state index in [9.17, 15) is 14.7 Å². The summed E-state index contributed by atoms with van der Waals surface area (Å²) in [5, 5.41) is 12.0. The van der Waals surface area contributed by atoms with Crippen molar-refractivity contribution in [3.05, 3.63) is 35.4 Å². The second kappa shape index (κ2) is 5.13. The van der Waals surface area contributed by atoms with Crippen LogP contribution in [0.15, 0.2) is 24.3 Å². The van der Waals surface area contributed by atoms with Crippen LogP contribution in [0.2, 0.25) is 0 Å². The lowest BCUT2D eigenvalue weighted by molar-refractivity contribution is -0.144. The minimum atomic E-state index is -0.836. The van der Waals surface area contributed by atoms with Crippen LogP contribution in [-0.2, 0) is 22.5 Å². The molecule has 2 heterocycles. The zero-order chi connectivity index (χ0) is 14.1. The van der Waals surface area contributed by atoms with Gasteiger partial charge in [0.15, 0.2) is 0 Å². The van der Waals surface area contributed by atoms with Crippen molar-refractivity contribution in [3.8, 4) is 0 Å². The minimum Gasteiger partial charge on any atom is -0.480 e.